The van der Waals surface area contributed by atoms with Gasteiger partial charge in [0.05, 0.1) is 0 Å². The van der Waals surface area contributed by atoms with Crippen molar-refractivity contribution in [1.29, 1.82) is 0 Å². The highest BCUT2D eigenvalue weighted by molar-refractivity contribution is 8.00. The standard InChI is InChI=1S/C11H17N3S/c1-15-11(6-3-7-11)8-13-10-5-2-4-9(12)14-10/h2,4-5H,3,6-8H2,1H3,(H3,12,13,14). The maximum Gasteiger partial charge on any atom is 0.128 e. The Morgan fingerprint density at radius 1 is 1.53 bits per heavy atom. The molecule has 15 heavy (non-hydrogen) atoms. The van der Waals surface area contributed by atoms with Gasteiger partial charge in [-0.1, -0.05) is 12.5 Å². The van der Waals surface area contributed by atoms with E-state index in [2.05, 4.69) is 16.6 Å². The zero-order valence-electron chi connectivity index (χ0n) is 8.99. The molecule has 0 spiro atoms. The first-order valence-corrected chi connectivity index (χ1v) is 6.48. The topological polar surface area (TPSA) is 50.9 Å². The summed E-state index contributed by atoms with van der Waals surface area (Å²) in [6.45, 7) is 0.991. The van der Waals surface area contributed by atoms with Crippen LogP contribution in [0.4, 0.5) is 11.6 Å². The Balaban J connectivity index is 1.92. The van der Waals surface area contributed by atoms with Gasteiger partial charge in [0.25, 0.3) is 0 Å². The Kier molecular flexibility index (Phi) is 3.05. The van der Waals surface area contributed by atoms with Gasteiger partial charge in [-0.25, -0.2) is 4.98 Å². The van der Waals surface area contributed by atoms with Crippen molar-refractivity contribution in [2.24, 2.45) is 0 Å². The highest BCUT2D eigenvalue weighted by Gasteiger charge is 2.35. The maximum absolute atomic E-state index is 5.62. The van der Waals surface area contributed by atoms with E-state index in [1.54, 1.807) is 6.07 Å². The summed E-state index contributed by atoms with van der Waals surface area (Å²) in [4.78, 5) is 4.23. The molecule has 2 rings (SSSR count). The van der Waals surface area contributed by atoms with Gasteiger partial charge in [-0.15, -0.1) is 0 Å². The van der Waals surface area contributed by atoms with Crippen molar-refractivity contribution in [3.05, 3.63) is 18.2 Å². The molecule has 3 nitrogen and oxygen atoms in total. The van der Waals surface area contributed by atoms with Crippen LogP contribution in [0.15, 0.2) is 18.2 Å². The molecule has 1 saturated carbocycles. The lowest BCUT2D eigenvalue weighted by atomic mass is 9.84. The second kappa shape index (κ2) is 4.31. The Hall–Kier alpha value is -0.900. The Labute approximate surface area is 94.8 Å². The molecule has 0 saturated heterocycles. The van der Waals surface area contributed by atoms with Gasteiger partial charge in [0.2, 0.25) is 0 Å². The number of nitrogens with one attached hydrogen (secondary N) is 1. The van der Waals surface area contributed by atoms with Gasteiger partial charge in [-0.05, 0) is 31.2 Å². The van der Waals surface area contributed by atoms with Crippen LogP contribution in [0.3, 0.4) is 0 Å². The number of nitrogens with zero attached hydrogens (tertiary/aromatic N) is 1. The van der Waals surface area contributed by atoms with Gasteiger partial charge in [-0.3, -0.25) is 0 Å². The third-order valence-corrected chi connectivity index (χ3v) is 4.48. The highest BCUT2D eigenvalue weighted by atomic mass is 32.2. The Bertz CT molecular complexity index is 331. The number of hydrogen-bond acceptors (Lipinski definition) is 4. The summed E-state index contributed by atoms with van der Waals surface area (Å²) in [7, 11) is 0. The average molecular weight is 223 g/mol. The smallest absolute Gasteiger partial charge is 0.128 e. The molecule has 0 bridgehead atoms. The van der Waals surface area contributed by atoms with Crippen LogP contribution in [0, 0.1) is 0 Å². The van der Waals surface area contributed by atoms with E-state index in [1.165, 1.54) is 19.3 Å². The molecule has 82 valence electrons. The molecule has 1 fully saturated rings. The Morgan fingerprint density at radius 3 is 2.87 bits per heavy atom. The predicted octanol–water partition coefficient (Wildman–Crippen LogP) is 2.36. The van der Waals surface area contributed by atoms with E-state index >= 15 is 0 Å². The predicted molar refractivity (Wildman–Crippen MR) is 67.2 cm³/mol. The van der Waals surface area contributed by atoms with Crippen molar-refractivity contribution < 1.29 is 0 Å². The van der Waals surface area contributed by atoms with Crippen molar-refractivity contribution in [2.45, 2.75) is 24.0 Å². The zero-order valence-corrected chi connectivity index (χ0v) is 9.81. The molecule has 0 radical (unpaired) electrons. The number of pyridine rings is 1. The van der Waals surface area contributed by atoms with Crippen LogP contribution >= 0.6 is 11.8 Å². The molecule has 0 atom stereocenters. The second-order valence-electron chi connectivity index (χ2n) is 4.04. The van der Waals surface area contributed by atoms with Crippen LogP contribution < -0.4 is 11.1 Å². The van der Waals surface area contributed by atoms with Gasteiger partial charge >= 0.3 is 0 Å². The van der Waals surface area contributed by atoms with Crippen LogP contribution in [-0.2, 0) is 0 Å². The number of rotatable bonds is 4. The van der Waals surface area contributed by atoms with Crippen molar-refractivity contribution in [3.63, 3.8) is 0 Å². The minimum Gasteiger partial charge on any atom is -0.384 e. The quantitative estimate of drug-likeness (QED) is 0.822. The number of nitrogens with two attached hydrogens (primary N) is 1. The fraction of sp³-hybridized carbons (Fsp3) is 0.545. The van der Waals surface area contributed by atoms with E-state index in [-0.39, 0.29) is 0 Å². The summed E-state index contributed by atoms with van der Waals surface area (Å²) in [6, 6.07) is 5.69. The molecular weight excluding hydrogens is 206 g/mol. The van der Waals surface area contributed by atoms with E-state index < -0.39 is 0 Å². The van der Waals surface area contributed by atoms with Crippen molar-refractivity contribution >= 4 is 23.4 Å². The first-order chi connectivity index (χ1) is 7.24. The van der Waals surface area contributed by atoms with E-state index in [9.17, 15) is 0 Å². The van der Waals surface area contributed by atoms with Gasteiger partial charge in [0.1, 0.15) is 11.6 Å². The van der Waals surface area contributed by atoms with E-state index in [0.717, 1.165) is 12.4 Å². The molecule has 0 aliphatic heterocycles. The summed E-state index contributed by atoms with van der Waals surface area (Å²) in [5, 5.41) is 3.37. The SMILES string of the molecule is CSC1(CNc2cccc(N)n2)CCC1. The molecule has 0 aromatic carbocycles. The van der Waals surface area contributed by atoms with Crippen molar-refractivity contribution in [1.82, 2.24) is 4.98 Å². The lowest BCUT2D eigenvalue weighted by Gasteiger charge is -2.40. The van der Waals surface area contributed by atoms with Crippen LogP contribution in [0.25, 0.3) is 0 Å². The van der Waals surface area contributed by atoms with Crippen LogP contribution in [-0.4, -0.2) is 22.5 Å². The Morgan fingerprint density at radius 2 is 2.33 bits per heavy atom. The molecule has 4 heteroatoms. The third kappa shape index (κ3) is 2.37. The number of aromatic nitrogens is 1. The van der Waals surface area contributed by atoms with Gasteiger partial charge in [0, 0.05) is 11.3 Å². The first kappa shape index (κ1) is 10.6. The molecular formula is C11H17N3S. The summed E-state index contributed by atoms with van der Waals surface area (Å²) in [6.07, 6.45) is 6.16. The van der Waals surface area contributed by atoms with Crippen LogP contribution in [0.5, 0.6) is 0 Å². The van der Waals surface area contributed by atoms with Gasteiger partial charge in [-0.2, -0.15) is 11.8 Å². The molecule has 1 heterocycles. The van der Waals surface area contributed by atoms with E-state index in [4.69, 9.17) is 5.73 Å². The van der Waals surface area contributed by atoms with Gasteiger partial charge < -0.3 is 11.1 Å². The summed E-state index contributed by atoms with van der Waals surface area (Å²) in [5.74, 6) is 1.46. The van der Waals surface area contributed by atoms with Crippen molar-refractivity contribution in [2.75, 3.05) is 23.9 Å². The third-order valence-electron chi connectivity index (χ3n) is 3.06. The molecule has 1 aliphatic rings. The first-order valence-electron chi connectivity index (χ1n) is 5.26. The normalized spacial score (nSPS) is 18.2. The second-order valence-corrected chi connectivity index (χ2v) is 5.32. The molecule has 1 aromatic rings. The monoisotopic (exact) mass is 223 g/mol. The largest absolute Gasteiger partial charge is 0.384 e. The molecule has 1 aromatic heterocycles. The number of nitrogen functional groups attached to an aromatic ring is 1. The van der Waals surface area contributed by atoms with Crippen LogP contribution in [0.1, 0.15) is 19.3 Å². The molecule has 0 amide bonds. The lowest BCUT2D eigenvalue weighted by molar-refractivity contribution is 0.379. The summed E-state index contributed by atoms with van der Waals surface area (Å²) < 4.78 is 0.437. The minimum atomic E-state index is 0.437. The fourth-order valence-electron chi connectivity index (χ4n) is 1.83. The number of thioether (sulfide) groups is 1. The fourth-order valence-corrected chi connectivity index (χ4v) is 2.74. The van der Waals surface area contributed by atoms with Crippen molar-refractivity contribution in [3.8, 4) is 0 Å². The highest BCUT2D eigenvalue weighted by Crippen LogP contribution is 2.42. The summed E-state index contributed by atoms with van der Waals surface area (Å²) in [5.41, 5.74) is 5.62. The minimum absolute atomic E-state index is 0.437. The van der Waals surface area contributed by atoms with Gasteiger partial charge in [0.15, 0.2) is 0 Å². The number of hydrogen-bond donors (Lipinski definition) is 2. The molecule has 3 N–H and O–H groups in total. The molecule has 0 unspecified atom stereocenters. The molecule has 1 aliphatic carbocycles. The average Bonchev–Trinajstić information content (AvgIpc) is 2.17. The van der Waals surface area contributed by atoms with Crippen LogP contribution in [0.2, 0.25) is 0 Å². The zero-order chi connectivity index (χ0) is 10.7. The van der Waals surface area contributed by atoms with E-state index in [1.807, 2.05) is 23.9 Å². The van der Waals surface area contributed by atoms with E-state index in [0.29, 0.717) is 10.6 Å². The number of anilines is 2. The lowest BCUT2D eigenvalue weighted by Crippen LogP contribution is -2.40. The maximum atomic E-state index is 5.62. The summed E-state index contributed by atoms with van der Waals surface area (Å²) >= 11 is 1.96.